The van der Waals surface area contributed by atoms with E-state index in [1.54, 1.807) is 0 Å². The van der Waals surface area contributed by atoms with Crippen LogP contribution >= 0.6 is 0 Å². The number of hydrogen-bond acceptors (Lipinski definition) is 4. The summed E-state index contributed by atoms with van der Waals surface area (Å²) in [6, 6.07) is 7.89. The molecule has 0 aliphatic carbocycles. The van der Waals surface area contributed by atoms with Crippen LogP contribution in [-0.2, 0) is 22.7 Å². The van der Waals surface area contributed by atoms with Crippen LogP contribution in [0, 0.1) is 11.3 Å². The number of likely N-dealkylation sites (tertiary alicyclic amines) is 1. The highest BCUT2D eigenvalue weighted by Crippen LogP contribution is 2.40. The van der Waals surface area contributed by atoms with Crippen LogP contribution in [-0.4, -0.2) is 51.1 Å². The van der Waals surface area contributed by atoms with Gasteiger partial charge in [-0.3, -0.25) is 14.5 Å². The summed E-state index contributed by atoms with van der Waals surface area (Å²) in [5.74, 6) is -0.702. The summed E-state index contributed by atoms with van der Waals surface area (Å²) >= 11 is 0. The van der Waals surface area contributed by atoms with Gasteiger partial charge in [0.05, 0.1) is 23.5 Å². The number of aliphatic carboxylic acids is 1. The van der Waals surface area contributed by atoms with E-state index in [0.29, 0.717) is 26.2 Å². The third-order valence-electron chi connectivity index (χ3n) is 5.34. The second-order valence-corrected chi connectivity index (χ2v) is 6.82. The van der Waals surface area contributed by atoms with Gasteiger partial charge in [-0.05, 0) is 12.1 Å². The van der Waals surface area contributed by atoms with Crippen LogP contribution in [0.2, 0.25) is 0 Å². The Labute approximate surface area is 144 Å². The summed E-state index contributed by atoms with van der Waals surface area (Å²) < 4.78 is 2.09. The number of aromatic nitrogens is 2. The largest absolute Gasteiger partial charge is 0.481 e. The number of hydrogen-bond donors (Lipinski definition) is 2. The zero-order valence-electron chi connectivity index (χ0n) is 13.8. The van der Waals surface area contributed by atoms with Gasteiger partial charge in [0.15, 0.2) is 0 Å². The number of nitrogens with one attached hydrogen (secondary N) is 1. The first-order chi connectivity index (χ1) is 12.0. The minimum atomic E-state index is -1.02. The van der Waals surface area contributed by atoms with E-state index in [0.717, 1.165) is 16.9 Å². The number of nitrogens with zero attached hydrogens (tertiary/aromatic N) is 3. The Kier molecular flexibility index (Phi) is 3.61. The molecule has 2 atom stereocenters. The molecule has 0 saturated carbocycles. The molecule has 0 bridgehead atoms. The van der Waals surface area contributed by atoms with Gasteiger partial charge in [0.1, 0.15) is 11.2 Å². The summed E-state index contributed by atoms with van der Waals surface area (Å²) in [7, 11) is 0. The van der Waals surface area contributed by atoms with E-state index in [-0.39, 0.29) is 12.5 Å². The fourth-order valence-electron chi connectivity index (χ4n) is 4.08. The van der Waals surface area contributed by atoms with Crippen molar-refractivity contribution < 1.29 is 14.7 Å². The molecular formula is C18H20N4O3. The molecule has 2 saturated heterocycles. The molecule has 3 heterocycles. The highest BCUT2D eigenvalue weighted by atomic mass is 16.4. The SMILES string of the molecule is C=CCn1c(CN2C[C@H]3C(=O)NC[C@@]3(C(=O)O)C2)nc2ccccc21. The topological polar surface area (TPSA) is 87.5 Å². The second kappa shape index (κ2) is 5.70. The third kappa shape index (κ3) is 2.34. The molecule has 25 heavy (non-hydrogen) atoms. The molecule has 7 nitrogen and oxygen atoms in total. The Morgan fingerprint density at radius 2 is 2.28 bits per heavy atom. The van der Waals surface area contributed by atoms with Crippen LogP contribution in [0.3, 0.4) is 0 Å². The first kappa shape index (κ1) is 15.8. The number of carboxylic acids is 1. The van der Waals surface area contributed by atoms with Gasteiger partial charge in [-0.25, -0.2) is 4.98 Å². The molecule has 0 spiro atoms. The van der Waals surface area contributed by atoms with E-state index >= 15 is 0 Å². The minimum absolute atomic E-state index is 0.163. The lowest BCUT2D eigenvalue weighted by Crippen LogP contribution is -2.40. The number of carboxylic acid groups (broad SMARTS) is 1. The lowest BCUT2D eigenvalue weighted by Gasteiger charge is -2.22. The van der Waals surface area contributed by atoms with Gasteiger partial charge in [0.2, 0.25) is 5.91 Å². The smallest absolute Gasteiger partial charge is 0.313 e. The normalized spacial score (nSPS) is 25.9. The highest BCUT2D eigenvalue weighted by Gasteiger charge is 2.59. The van der Waals surface area contributed by atoms with E-state index in [1.807, 2.05) is 35.2 Å². The maximum absolute atomic E-state index is 12.0. The minimum Gasteiger partial charge on any atom is -0.481 e. The first-order valence-electron chi connectivity index (χ1n) is 8.33. The van der Waals surface area contributed by atoms with Gasteiger partial charge in [-0.15, -0.1) is 6.58 Å². The number of benzene rings is 1. The Bertz CT molecular complexity index is 874. The molecule has 4 rings (SSSR count). The Balaban J connectivity index is 1.64. The molecular weight excluding hydrogens is 320 g/mol. The van der Waals surface area contributed by atoms with Crippen LogP contribution in [0.1, 0.15) is 5.82 Å². The Morgan fingerprint density at radius 1 is 1.48 bits per heavy atom. The predicted octanol–water partition coefficient (Wildman–Crippen LogP) is 0.855. The summed E-state index contributed by atoms with van der Waals surface area (Å²) in [5.41, 5.74) is 0.915. The maximum atomic E-state index is 12.0. The van der Waals surface area contributed by atoms with Gasteiger partial charge in [-0.2, -0.15) is 0 Å². The quantitative estimate of drug-likeness (QED) is 0.788. The zero-order chi connectivity index (χ0) is 17.6. The number of imidazole rings is 1. The van der Waals surface area contributed by atoms with E-state index in [9.17, 15) is 14.7 Å². The van der Waals surface area contributed by atoms with Crippen LogP contribution < -0.4 is 5.32 Å². The van der Waals surface area contributed by atoms with Crippen LogP contribution in [0.5, 0.6) is 0 Å². The number of carbonyl (C=O) groups excluding carboxylic acids is 1. The summed E-state index contributed by atoms with van der Waals surface area (Å²) in [4.78, 5) is 30.6. The number of allylic oxidation sites excluding steroid dienone is 1. The number of para-hydroxylation sites is 2. The highest BCUT2D eigenvalue weighted by molar-refractivity contribution is 5.92. The van der Waals surface area contributed by atoms with Gasteiger partial charge < -0.3 is 15.0 Å². The Hall–Kier alpha value is -2.67. The van der Waals surface area contributed by atoms with Crippen molar-refractivity contribution in [3.8, 4) is 0 Å². The molecule has 130 valence electrons. The molecule has 1 aromatic carbocycles. The standard InChI is InChI=1S/C18H20N4O3/c1-2-7-22-14-6-4-3-5-13(14)20-15(22)9-21-8-12-16(23)19-10-18(12,11-21)17(24)25/h2-6,12H,1,7-11H2,(H,19,23)(H,24,25)/t12-,18+/m0/s1. The van der Waals surface area contributed by atoms with E-state index in [2.05, 4.69) is 16.5 Å². The molecule has 7 heteroatoms. The lowest BCUT2D eigenvalue weighted by atomic mass is 9.81. The van der Waals surface area contributed by atoms with E-state index in [1.165, 1.54) is 0 Å². The first-order valence-corrected chi connectivity index (χ1v) is 8.33. The Morgan fingerprint density at radius 3 is 3.00 bits per heavy atom. The van der Waals surface area contributed by atoms with Gasteiger partial charge in [-0.1, -0.05) is 18.2 Å². The van der Waals surface area contributed by atoms with Gasteiger partial charge in [0, 0.05) is 26.2 Å². The fourth-order valence-corrected chi connectivity index (χ4v) is 4.08. The van der Waals surface area contributed by atoms with Crippen molar-refractivity contribution in [2.45, 2.75) is 13.1 Å². The van der Waals surface area contributed by atoms with Crippen molar-refractivity contribution in [1.29, 1.82) is 0 Å². The average molecular weight is 340 g/mol. The van der Waals surface area contributed by atoms with Crippen molar-refractivity contribution in [3.05, 3.63) is 42.7 Å². The number of rotatable bonds is 5. The van der Waals surface area contributed by atoms with Crippen LogP contribution in [0.4, 0.5) is 0 Å². The fraction of sp³-hybridized carbons (Fsp3) is 0.389. The number of carbonyl (C=O) groups is 2. The van der Waals surface area contributed by atoms with Crippen LogP contribution in [0.25, 0.3) is 11.0 Å². The predicted molar refractivity (Wildman–Crippen MR) is 91.8 cm³/mol. The van der Waals surface area contributed by atoms with Gasteiger partial charge in [0.25, 0.3) is 0 Å². The molecule has 2 fully saturated rings. The van der Waals surface area contributed by atoms with Crippen molar-refractivity contribution in [3.63, 3.8) is 0 Å². The molecule has 0 unspecified atom stereocenters. The molecule has 0 radical (unpaired) electrons. The maximum Gasteiger partial charge on any atom is 0.313 e. The molecule has 1 aromatic heterocycles. The molecule has 2 aromatic rings. The molecule has 1 amide bonds. The average Bonchev–Trinajstić information content (AvgIpc) is 3.22. The third-order valence-corrected chi connectivity index (χ3v) is 5.34. The van der Waals surface area contributed by atoms with Gasteiger partial charge >= 0.3 is 5.97 Å². The summed E-state index contributed by atoms with van der Waals surface area (Å²) in [5, 5.41) is 12.4. The van der Waals surface area contributed by atoms with Crippen molar-refractivity contribution >= 4 is 22.9 Å². The molecule has 2 aliphatic rings. The van der Waals surface area contributed by atoms with Crippen molar-refractivity contribution in [2.24, 2.45) is 11.3 Å². The number of fused-ring (bicyclic) bond motifs is 2. The van der Waals surface area contributed by atoms with Crippen molar-refractivity contribution in [1.82, 2.24) is 19.8 Å². The van der Waals surface area contributed by atoms with E-state index < -0.39 is 17.3 Å². The molecule has 2 aliphatic heterocycles. The monoisotopic (exact) mass is 340 g/mol. The second-order valence-electron chi connectivity index (χ2n) is 6.82. The van der Waals surface area contributed by atoms with Crippen molar-refractivity contribution in [2.75, 3.05) is 19.6 Å². The number of amides is 1. The van der Waals surface area contributed by atoms with Crippen LogP contribution in [0.15, 0.2) is 36.9 Å². The summed E-state index contributed by atoms with van der Waals surface area (Å²) in [6.07, 6.45) is 1.82. The zero-order valence-corrected chi connectivity index (χ0v) is 13.8. The lowest BCUT2D eigenvalue weighted by molar-refractivity contribution is -0.149. The molecule has 2 N–H and O–H groups in total. The summed E-state index contributed by atoms with van der Waals surface area (Å²) in [6.45, 7) is 5.95. The van der Waals surface area contributed by atoms with E-state index in [4.69, 9.17) is 4.98 Å².